The smallest absolute Gasteiger partial charge is 0.317 e. The normalized spacial score (nSPS) is 56.9. The van der Waals surface area contributed by atoms with Gasteiger partial charge in [0.15, 0.2) is 0 Å². The lowest BCUT2D eigenvalue weighted by Gasteiger charge is -2.64. The van der Waals surface area contributed by atoms with Gasteiger partial charge in [0.05, 0.1) is 18.1 Å². The van der Waals surface area contributed by atoms with Crippen LogP contribution in [-0.2, 0) is 14.3 Å². The highest BCUT2D eigenvalue weighted by Crippen LogP contribution is 2.72. The molecular weight excluding hydrogens is 440 g/mol. The van der Waals surface area contributed by atoms with E-state index in [4.69, 9.17) is 9.47 Å². The van der Waals surface area contributed by atoms with E-state index in [1.165, 1.54) is 25.7 Å². The van der Waals surface area contributed by atoms with Crippen LogP contribution in [0.1, 0.15) is 72.1 Å². The van der Waals surface area contributed by atoms with Crippen molar-refractivity contribution in [1.29, 1.82) is 0 Å². The standard InChI is InChI=1S/C26H42O8/c1-13-10-26-9-6-16-24(2,17(26)5-4-14(13)11-26)8-7-18(28)25(16,3)23(32)34-22-21(31)20(30)19(29)15(12-27)33-22/h13-22,27-31H,4-12H2,1-3H3/t13-,14-,15-,16-,17-,18?,19-,20+,21-,22+,24+,25?,26+/m1/s1. The second kappa shape index (κ2) is 8.38. The Kier molecular flexibility index (Phi) is 6.14. The van der Waals surface area contributed by atoms with Crippen LogP contribution in [0, 0.1) is 39.9 Å². The van der Waals surface area contributed by atoms with Crippen LogP contribution in [0.15, 0.2) is 0 Å². The number of aliphatic hydroxyl groups is 5. The molecule has 0 aromatic heterocycles. The summed E-state index contributed by atoms with van der Waals surface area (Å²) in [5.41, 5.74) is -0.915. The van der Waals surface area contributed by atoms with Crippen LogP contribution in [0.4, 0.5) is 0 Å². The lowest BCUT2D eigenvalue weighted by Crippen LogP contribution is -2.64. The third-order valence-corrected chi connectivity index (χ3v) is 11.2. The molecular formula is C26H42O8. The van der Waals surface area contributed by atoms with Gasteiger partial charge in [-0.1, -0.05) is 13.8 Å². The monoisotopic (exact) mass is 482 g/mol. The van der Waals surface area contributed by atoms with Gasteiger partial charge >= 0.3 is 5.97 Å². The maximum absolute atomic E-state index is 13.7. The van der Waals surface area contributed by atoms with E-state index < -0.39 is 54.8 Å². The van der Waals surface area contributed by atoms with Crippen molar-refractivity contribution in [1.82, 2.24) is 0 Å². The lowest BCUT2D eigenvalue weighted by molar-refractivity contribution is -0.300. The maximum Gasteiger partial charge on any atom is 0.317 e. The summed E-state index contributed by atoms with van der Waals surface area (Å²) >= 11 is 0. The lowest BCUT2D eigenvalue weighted by atomic mass is 9.40. The molecule has 2 bridgehead atoms. The first kappa shape index (κ1) is 24.9. The Balaban J connectivity index is 1.41. The van der Waals surface area contributed by atoms with E-state index in [1.54, 1.807) is 6.92 Å². The number of rotatable bonds is 3. The molecule has 0 aromatic carbocycles. The van der Waals surface area contributed by atoms with Crippen LogP contribution in [0.25, 0.3) is 0 Å². The van der Waals surface area contributed by atoms with Gasteiger partial charge in [0.1, 0.15) is 24.4 Å². The molecule has 13 atom stereocenters. The number of aliphatic hydroxyl groups excluding tert-OH is 5. The number of esters is 1. The van der Waals surface area contributed by atoms with E-state index in [1.807, 2.05) is 0 Å². The van der Waals surface area contributed by atoms with Crippen molar-refractivity contribution < 1.29 is 39.8 Å². The number of hydrogen-bond donors (Lipinski definition) is 5. The van der Waals surface area contributed by atoms with Crippen LogP contribution in [0.5, 0.6) is 0 Å². The van der Waals surface area contributed by atoms with Crippen LogP contribution in [0.3, 0.4) is 0 Å². The fourth-order valence-electron chi connectivity index (χ4n) is 9.37. The van der Waals surface area contributed by atoms with E-state index in [9.17, 15) is 30.3 Å². The van der Waals surface area contributed by atoms with Crippen LogP contribution in [-0.4, -0.2) is 74.9 Å². The maximum atomic E-state index is 13.7. The SMILES string of the molecule is C[C@@H]1C[C@]23CC[C@H]4C(C)(C(=O)O[C@@H]5O[C@H](CO)[C@@H](O)[C@H](O)[C@H]5O)C(O)CC[C@]4(C)[C@H]2CC[C@@H]1C3. The molecule has 5 N–H and O–H groups in total. The molecule has 1 saturated heterocycles. The molecule has 5 fully saturated rings. The van der Waals surface area contributed by atoms with Crippen LogP contribution < -0.4 is 0 Å². The molecule has 0 amide bonds. The van der Waals surface area contributed by atoms with Crippen molar-refractivity contribution in [2.45, 2.75) is 109 Å². The molecule has 0 radical (unpaired) electrons. The summed E-state index contributed by atoms with van der Waals surface area (Å²) in [5, 5.41) is 51.2. The minimum atomic E-state index is -1.65. The summed E-state index contributed by atoms with van der Waals surface area (Å²) in [6.45, 7) is 5.90. The molecule has 194 valence electrons. The first-order valence-corrected chi connectivity index (χ1v) is 13.2. The molecule has 1 heterocycles. The van der Waals surface area contributed by atoms with Gasteiger partial charge < -0.3 is 35.0 Å². The Morgan fingerprint density at radius 1 is 0.941 bits per heavy atom. The summed E-state index contributed by atoms with van der Waals surface area (Å²) in [4.78, 5) is 13.7. The number of fused-ring (bicyclic) bond motifs is 3. The third kappa shape index (κ3) is 3.36. The van der Waals surface area contributed by atoms with Gasteiger partial charge in [-0.3, -0.25) is 4.79 Å². The molecule has 5 aliphatic rings. The number of carbonyl (C=O) groups excluding carboxylic acids is 1. The molecule has 1 aliphatic heterocycles. The van der Waals surface area contributed by atoms with Crippen molar-refractivity contribution >= 4 is 5.97 Å². The predicted molar refractivity (Wildman–Crippen MR) is 121 cm³/mol. The van der Waals surface area contributed by atoms with Crippen molar-refractivity contribution in [3.8, 4) is 0 Å². The zero-order valence-electron chi connectivity index (χ0n) is 20.6. The molecule has 5 rings (SSSR count). The zero-order valence-corrected chi connectivity index (χ0v) is 20.6. The molecule has 2 unspecified atom stereocenters. The third-order valence-electron chi connectivity index (χ3n) is 11.2. The van der Waals surface area contributed by atoms with E-state index >= 15 is 0 Å². The molecule has 4 aliphatic carbocycles. The van der Waals surface area contributed by atoms with Crippen molar-refractivity contribution in [2.75, 3.05) is 6.61 Å². The number of ether oxygens (including phenoxy) is 2. The van der Waals surface area contributed by atoms with E-state index in [2.05, 4.69) is 13.8 Å². The van der Waals surface area contributed by atoms with Crippen molar-refractivity contribution in [3.05, 3.63) is 0 Å². The molecule has 34 heavy (non-hydrogen) atoms. The van der Waals surface area contributed by atoms with Crippen molar-refractivity contribution in [3.63, 3.8) is 0 Å². The largest absolute Gasteiger partial charge is 0.432 e. The Hall–Kier alpha value is -0.770. The van der Waals surface area contributed by atoms with Gasteiger partial charge in [-0.15, -0.1) is 0 Å². The predicted octanol–water partition coefficient (Wildman–Crippen LogP) is 1.35. The highest BCUT2D eigenvalue weighted by Gasteiger charge is 2.68. The highest BCUT2D eigenvalue weighted by molar-refractivity contribution is 5.78. The first-order valence-electron chi connectivity index (χ1n) is 13.2. The summed E-state index contributed by atoms with van der Waals surface area (Å²) in [7, 11) is 0. The highest BCUT2D eigenvalue weighted by atomic mass is 16.7. The summed E-state index contributed by atoms with van der Waals surface area (Å²) in [5.74, 6) is 1.37. The van der Waals surface area contributed by atoms with E-state index in [0.717, 1.165) is 31.1 Å². The molecule has 8 heteroatoms. The van der Waals surface area contributed by atoms with E-state index in [0.29, 0.717) is 17.8 Å². The summed E-state index contributed by atoms with van der Waals surface area (Å²) in [6.07, 6.45) is -0.0709. The molecule has 4 saturated carbocycles. The topological polar surface area (TPSA) is 137 Å². The first-order chi connectivity index (χ1) is 16.0. The average molecular weight is 483 g/mol. The van der Waals surface area contributed by atoms with Crippen molar-refractivity contribution in [2.24, 2.45) is 39.9 Å². The van der Waals surface area contributed by atoms with Gasteiger partial charge in [-0.05, 0) is 92.8 Å². The average Bonchev–Trinajstić information content (AvgIpc) is 3.04. The van der Waals surface area contributed by atoms with Gasteiger partial charge in [0.25, 0.3) is 0 Å². The molecule has 0 aromatic rings. The number of hydrogen-bond acceptors (Lipinski definition) is 8. The second-order valence-corrected chi connectivity index (χ2v) is 12.7. The Morgan fingerprint density at radius 2 is 1.68 bits per heavy atom. The zero-order chi connectivity index (χ0) is 24.6. The minimum absolute atomic E-state index is 0.0655. The van der Waals surface area contributed by atoms with Gasteiger partial charge in [-0.2, -0.15) is 0 Å². The van der Waals surface area contributed by atoms with Gasteiger partial charge in [0, 0.05) is 0 Å². The second-order valence-electron chi connectivity index (χ2n) is 12.7. The van der Waals surface area contributed by atoms with Crippen LogP contribution >= 0.6 is 0 Å². The fraction of sp³-hybridized carbons (Fsp3) is 0.962. The Bertz CT molecular complexity index is 800. The minimum Gasteiger partial charge on any atom is -0.432 e. The molecule has 1 spiro atoms. The quantitative estimate of drug-likeness (QED) is 0.380. The molecule has 8 nitrogen and oxygen atoms in total. The van der Waals surface area contributed by atoms with Gasteiger partial charge in [0.2, 0.25) is 6.29 Å². The fourth-order valence-corrected chi connectivity index (χ4v) is 9.37. The van der Waals surface area contributed by atoms with Crippen LogP contribution in [0.2, 0.25) is 0 Å². The summed E-state index contributed by atoms with van der Waals surface area (Å²) < 4.78 is 11.1. The number of carbonyl (C=O) groups is 1. The van der Waals surface area contributed by atoms with Gasteiger partial charge in [-0.25, -0.2) is 0 Å². The van der Waals surface area contributed by atoms with E-state index in [-0.39, 0.29) is 11.3 Å². The summed E-state index contributed by atoms with van der Waals surface area (Å²) in [6, 6.07) is 0. The Labute approximate surface area is 201 Å². The Morgan fingerprint density at radius 3 is 2.38 bits per heavy atom.